The molecule has 108 valence electrons. The summed E-state index contributed by atoms with van der Waals surface area (Å²) in [5.74, 6) is 1.61. The fourth-order valence-corrected chi connectivity index (χ4v) is 4.11. The summed E-state index contributed by atoms with van der Waals surface area (Å²) in [7, 11) is 0. The Kier molecular flexibility index (Phi) is 4.60. The van der Waals surface area contributed by atoms with Crippen LogP contribution in [0.3, 0.4) is 0 Å². The van der Waals surface area contributed by atoms with Crippen LogP contribution in [-0.2, 0) is 0 Å². The quantitative estimate of drug-likeness (QED) is 0.698. The number of aryl methyl sites for hydroxylation is 1. The third-order valence-electron chi connectivity index (χ3n) is 4.55. The molecule has 1 aromatic rings. The first kappa shape index (κ1) is 14.9. The average molecular weight is 283 g/mol. The van der Waals surface area contributed by atoms with Crippen LogP contribution >= 0.6 is 11.6 Å². The molecule has 1 aliphatic carbocycles. The van der Waals surface area contributed by atoms with E-state index in [1.807, 2.05) is 0 Å². The number of halogens is 1. The molecule has 19 heavy (non-hydrogen) atoms. The first-order valence-corrected chi connectivity index (χ1v) is 8.07. The van der Waals surface area contributed by atoms with Crippen LogP contribution in [0.1, 0.15) is 74.8 Å². The van der Waals surface area contributed by atoms with E-state index >= 15 is 0 Å². The summed E-state index contributed by atoms with van der Waals surface area (Å²) in [6, 6.07) is 0.562. The molecule has 1 heterocycles. The smallest absolute Gasteiger partial charge is 0.0643 e. The predicted octanol–water partition coefficient (Wildman–Crippen LogP) is 5.19. The Bertz CT molecular complexity index is 428. The van der Waals surface area contributed by atoms with E-state index in [2.05, 4.69) is 39.3 Å². The minimum absolute atomic E-state index is 0.104. The lowest BCUT2D eigenvalue weighted by atomic mass is 9.80. The molecule has 0 amide bonds. The zero-order valence-electron chi connectivity index (χ0n) is 12.9. The molecule has 2 rings (SSSR count). The van der Waals surface area contributed by atoms with E-state index in [0.717, 1.165) is 24.0 Å². The molecule has 3 unspecified atom stereocenters. The molecule has 0 radical (unpaired) electrons. The Morgan fingerprint density at radius 1 is 1.21 bits per heavy atom. The second-order valence-corrected chi connectivity index (χ2v) is 7.00. The van der Waals surface area contributed by atoms with Crippen LogP contribution in [0.4, 0.5) is 0 Å². The van der Waals surface area contributed by atoms with Gasteiger partial charge in [-0.15, -0.1) is 11.6 Å². The van der Waals surface area contributed by atoms with Gasteiger partial charge >= 0.3 is 0 Å². The molecule has 0 aliphatic heterocycles. The topological polar surface area (TPSA) is 17.8 Å². The number of hydrogen-bond acceptors (Lipinski definition) is 1. The van der Waals surface area contributed by atoms with Crippen molar-refractivity contribution in [2.45, 2.75) is 71.7 Å². The average Bonchev–Trinajstić information content (AvgIpc) is 2.63. The molecule has 1 fully saturated rings. The molecule has 1 saturated carbocycles. The van der Waals surface area contributed by atoms with Crippen molar-refractivity contribution in [1.82, 2.24) is 9.78 Å². The Balaban J connectivity index is 2.30. The van der Waals surface area contributed by atoms with Crippen molar-refractivity contribution in [3.63, 3.8) is 0 Å². The minimum atomic E-state index is 0.104. The van der Waals surface area contributed by atoms with Crippen molar-refractivity contribution in [2.75, 3.05) is 0 Å². The van der Waals surface area contributed by atoms with Gasteiger partial charge in [-0.25, -0.2) is 0 Å². The third-order valence-corrected chi connectivity index (χ3v) is 5.08. The third kappa shape index (κ3) is 2.99. The fourth-order valence-electron chi connectivity index (χ4n) is 3.79. The second kappa shape index (κ2) is 5.87. The van der Waals surface area contributed by atoms with Crippen LogP contribution in [0.15, 0.2) is 0 Å². The molecule has 2 nitrogen and oxygen atoms in total. The van der Waals surface area contributed by atoms with Gasteiger partial charge in [-0.3, -0.25) is 4.68 Å². The van der Waals surface area contributed by atoms with Crippen LogP contribution in [0, 0.1) is 25.7 Å². The largest absolute Gasteiger partial charge is 0.266 e. The summed E-state index contributed by atoms with van der Waals surface area (Å²) >= 11 is 6.46. The van der Waals surface area contributed by atoms with Gasteiger partial charge in [0.25, 0.3) is 0 Å². The van der Waals surface area contributed by atoms with E-state index in [1.54, 1.807) is 0 Å². The molecule has 3 heteroatoms. The van der Waals surface area contributed by atoms with Gasteiger partial charge in [-0.2, -0.15) is 5.10 Å². The highest BCUT2D eigenvalue weighted by atomic mass is 35.5. The van der Waals surface area contributed by atoms with Crippen LogP contribution < -0.4 is 0 Å². The van der Waals surface area contributed by atoms with E-state index in [-0.39, 0.29) is 5.38 Å². The highest BCUT2D eigenvalue weighted by molar-refractivity contribution is 6.20. The van der Waals surface area contributed by atoms with E-state index in [0.29, 0.717) is 6.04 Å². The highest BCUT2D eigenvalue weighted by Gasteiger charge is 2.28. The summed E-state index contributed by atoms with van der Waals surface area (Å²) in [6.45, 7) is 11.2. The van der Waals surface area contributed by atoms with Crippen molar-refractivity contribution in [2.24, 2.45) is 11.8 Å². The van der Waals surface area contributed by atoms with Crippen molar-refractivity contribution in [1.29, 1.82) is 0 Å². The fraction of sp³-hybridized carbons (Fsp3) is 0.812. The molecule has 0 spiro atoms. The molecular formula is C16H27ClN2. The van der Waals surface area contributed by atoms with Crippen molar-refractivity contribution >= 4 is 11.6 Å². The summed E-state index contributed by atoms with van der Waals surface area (Å²) in [4.78, 5) is 0. The Morgan fingerprint density at radius 3 is 2.32 bits per heavy atom. The maximum absolute atomic E-state index is 6.46. The molecule has 1 aliphatic rings. The van der Waals surface area contributed by atoms with E-state index in [1.165, 1.54) is 30.5 Å². The second-order valence-electron chi connectivity index (χ2n) is 6.48. The Labute approximate surface area is 122 Å². The maximum atomic E-state index is 6.46. The summed E-state index contributed by atoms with van der Waals surface area (Å²) < 4.78 is 2.27. The zero-order valence-corrected chi connectivity index (χ0v) is 13.7. The van der Waals surface area contributed by atoms with E-state index in [4.69, 9.17) is 16.7 Å². The zero-order chi connectivity index (χ0) is 14.2. The lowest BCUT2D eigenvalue weighted by Crippen LogP contribution is -2.24. The summed E-state index contributed by atoms with van der Waals surface area (Å²) in [6.07, 6.45) is 4.83. The van der Waals surface area contributed by atoms with Crippen LogP contribution in [0.2, 0.25) is 0 Å². The SMILES string of the molecule is CCC(Cl)c1c(C)nn(C2CC(C)CC(C)C2)c1C. The lowest BCUT2D eigenvalue weighted by Gasteiger charge is -2.32. The minimum Gasteiger partial charge on any atom is -0.266 e. The van der Waals surface area contributed by atoms with E-state index < -0.39 is 0 Å². The van der Waals surface area contributed by atoms with Crippen molar-refractivity contribution in [3.8, 4) is 0 Å². The molecule has 1 aromatic heterocycles. The normalized spacial score (nSPS) is 29.5. The van der Waals surface area contributed by atoms with Crippen LogP contribution in [0.5, 0.6) is 0 Å². The van der Waals surface area contributed by atoms with Crippen molar-refractivity contribution in [3.05, 3.63) is 17.0 Å². The first-order chi connectivity index (χ1) is 8.93. The Hall–Kier alpha value is -0.500. The molecule has 3 atom stereocenters. The van der Waals surface area contributed by atoms with Crippen LogP contribution in [0.25, 0.3) is 0 Å². The maximum Gasteiger partial charge on any atom is 0.0643 e. The Morgan fingerprint density at radius 2 is 1.79 bits per heavy atom. The number of nitrogens with zero attached hydrogens (tertiary/aromatic N) is 2. The van der Waals surface area contributed by atoms with Gasteiger partial charge in [0.05, 0.1) is 17.1 Å². The van der Waals surface area contributed by atoms with Crippen LogP contribution in [-0.4, -0.2) is 9.78 Å². The van der Waals surface area contributed by atoms with Gasteiger partial charge in [-0.1, -0.05) is 20.8 Å². The van der Waals surface area contributed by atoms with Gasteiger partial charge in [0.2, 0.25) is 0 Å². The van der Waals surface area contributed by atoms with Gasteiger partial charge in [-0.05, 0) is 51.4 Å². The van der Waals surface area contributed by atoms with Gasteiger partial charge in [0.15, 0.2) is 0 Å². The first-order valence-electron chi connectivity index (χ1n) is 7.63. The standard InChI is InChI=1S/C16H27ClN2/c1-6-15(17)16-12(4)18-19(13(16)5)14-8-10(2)7-11(3)9-14/h10-11,14-15H,6-9H2,1-5H3. The summed E-state index contributed by atoms with van der Waals surface area (Å²) in [5.41, 5.74) is 3.66. The van der Waals surface area contributed by atoms with Crippen molar-refractivity contribution < 1.29 is 0 Å². The highest BCUT2D eigenvalue weighted by Crippen LogP contribution is 2.38. The predicted molar refractivity (Wildman–Crippen MR) is 81.8 cm³/mol. The van der Waals surface area contributed by atoms with Gasteiger partial charge in [0, 0.05) is 11.3 Å². The lowest BCUT2D eigenvalue weighted by molar-refractivity contribution is 0.207. The molecular weight excluding hydrogens is 256 g/mol. The summed E-state index contributed by atoms with van der Waals surface area (Å²) in [5, 5.41) is 4.91. The monoisotopic (exact) mass is 282 g/mol. The van der Waals surface area contributed by atoms with Gasteiger partial charge in [0.1, 0.15) is 0 Å². The number of alkyl halides is 1. The molecule has 0 aromatic carbocycles. The number of aromatic nitrogens is 2. The molecule has 0 N–H and O–H groups in total. The molecule has 0 bridgehead atoms. The van der Waals surface area contributed by atoms with Gasteiger partial charge < -0.3 is 0 Å². The molecule has 0 saturated heterocycles. The number of hydrogen-bond donors (Lipinski definition) is 0. The number of rotatable bonds is 3. The van der Waals surface area contributed by atoms with E-state index in [9.17, 15) is 0 Å².